The van der Waals surface area contributed by atoms with Crippen LogP contribution in [0.3, 0.4) is 0 Å². The van der Waals surface area contributed by atoms with Gasteiger partial charge in [0.1, 0.15) is 0 Å². The third-order valence-corrected chi connectivity index (χ3v) is 3.24. The van der Waals surface area contributed by atoms with Gasteiger partial charge in [-0.05, 0) is 42.7 Å². The zero-order valence-corrected chi connectivity index (χ0v) is 8.74. The van der Waals surface area contributed by atoms with Crippen molar-refractivity contribution >= 4 is 0 Å². The van der Waals surface area contributed by atoms with Crippen LogP contribution in [0.15, 0.2) is 24.3 Å². The predicted molar refractivity (Wildman–Crippen MR) is 58.4 cm³/mol. The summed E-state index contributed by atoms with van der Waals surface area (Å²) in [5.41, 5.74) is 2.82. The Bertz CT molecular complexity index is 306. The largest absolute Gasteiger partial charge is 0.393 e. The Labute approximate surface area is 85.8 Å². The molecule has 1 aliphatic carbocycles. The fourth-order valence-electron chi connectivity index (χ4n) is 2.33. The van der Waals surface area contributed by atoms with Gasteiger partial charge in [0.25, 0.3) is 0 Å². The molecule has 2 unspecified atom stereocenters. The first kappa shape index (κ1) is 9.72. The van der Waals surface area contributed by atoms with Gasteiger partial charge in [0, 0.05) is 0 Å². The van der Waals surface area contributed by atoms with E-state index in [1.165, 1.54) is 11.1 Å². The first-order chi connectivity index (χ1) is 6.79. The van der Waals surface area contributed by atoms with Crippen LogP contribution in [0.2, 0.25) is 0 Å². The number of aryl methyl sites for hydroxylation is 1. The molecule has 0 radical (unpaired) electrons. The number of hydrogen-bond donors (Lipinski definition) is 1. The summed E-state index contributed by atoms with van der Waals surface area (Å²) in [5.74, 6) is 0.594. The maximum atomic E-state index is 9.49. The van der Waals surface area contributed by atoms with E-state index in [9.17, 15) is 5.11 Å². The summed E-state index contributed by atoms with van der Waals surface area (Å²) >= 11 is 0. The zero-order valence-electron chi connectivity index (χ0n) is 8.74. The first-order valence-electron chi connectivity index (χ1n) is 5.56. The summed E-state index contributed by atoms with van der Waals surface area (Å²) in [6, 6.07) is 8.80. The lowest BCUT2D eigenvalue weighted by atomic mass is 9.95. The highest BCUT2D eigenvalue weighted by Crippen LogP contribution is 2.34. The molecule has 0 amide bonds. The average Bonchev–Trinajstić information content (AvgIpc) is 2.65. The van der Waals surface area contributed by atoms with Gasteiger partial charge in [0.15, 0.2) is 0 Å². The van der Waals surface area contributed by atoms with Crippen molar-refractivity contribution in [1.82, 2.24) is 0 Å². The van der Waals surface area contributed by atoms with Gasteiger partial charge < -0.3 is 5.11 Å². The van der Waals surface area contributed by atoms with Crippen LogP contribution in [-0.4, -0.2) is 11.2 Å². The molecule has 0 bridgehead atoms. The Morgan fingerprint density at radius 1 is 1.36 bits per heavy atom. The highest BCUT2D eigenvalue weighted by Gasteiger charge is 2.23. The number of aliphatic hydroxyl groups excluding tert-OH is 1. The summed E-state index contributed by atoms with van der Waals surface area (Å²) in [7, 11) is 0. The molecule has 1 fully saturated rings. The predicted octanol–water partition coefficient (Wildman–Crippen LogP) is 2.88. The number of aliphatic hydroxyl groups is 1. The van der Waals surface area contributed by atoms with Gasteiger partial charge in [-0.15, -0.1) is 0 Å². The van der Waals surface area contributed by atoms with Gasteiger partial charge in [-0.2, -0.15) is 0 Å². The molecular weight excluding hydrogens is 172 g/mol. The van der Waals surface area contributed by atoms with Gasteiger partial charge in [-0.25, -0.2) is 0 Å². The molecule has 1 aliphatic rings. The summed E-state index contributed by atoms with van der Waals surface area (Å²) in [5, 5.41) is 9.49. The minimum Gasteiger partial charge on any atom is -0.393 e. The molecule has 0 heterocycles. The van der Waals surface area contributed by atoms with Crippen LogP contribution in [0.4, 0.5) is 0 Å². The van der Waals surface area contributed by atoms with Crippen molar-refractivity contribution in [1.29, 1.82) is 0 Å². The fraction of sp³-hybridized carbons (Fsp3) is 0.538. The number of rotatable bonds is 2. The molecule has 1 heteroatoms. The summed E-state index contributed by atoms with van der Waals surface area (Å²) in [6.07, 6.45) is 4.11. The van der Waals surface area contributed by atoms with Crippen LogP contribution in [0, 0.1) is 0 Å². The Morgan fingerprint density at radius 2 is 2.21 bits per heavy atom. The fourth-order valence-corrected chi connectivity index (χ4v) is 2.33. The van der Waals surface area contributed by atoms with Crippen molar-refractivity contribution in [3.8, 4) is 0 Å². The molecule has 1 nitrogen and oxygen atoms in total. The molecule has 2 rings (SSSR count). The molecule has 76 valence electrons. The lowest BCUT2D eigenvalue weighted by Gasteiger charge is -2.10. The number of benzene rings is 1. The van der Waals surface area contributed by atoms with Crippen LogP contribution < -0.4 is 0 Å². The quantitative estimate of drug-likeness (QED) is 0.760. The third kappa shape index (κ3) is 1.98. The van der Waals surface area contributed by atoms with Crippen LogP contribution >= 0.6 is 0 Å². The standard InChI is InChI=1S/C13H18O/c1-2-10-4-3-5-11(8-10)12-6-7-13(14)9-12/h3-5,8,12-14H,2,6-7,9H2,1H3. The van der Waals surface area contributed by atoms with Gasteiger partial charge in [0.2, 0.25) is 0 Å². The topological polar surface area (TPSA) is 20.2 Å². The van der Waals surface area contributed by atoms with Crippen molar-refractivity contribution in [3.63, 3.8) is 0 Å². The van der Waals surface area contributed by atoms with Crippen LogP contribution in [0.1, 0.15) is 43.2 Å². The smallest absolute Gasteiger partial charge is 0.0546 e. The highest BCUT2D eigenvalue weighted by molar-refractivity contribution is 5.27. The van der Waals surface area contributed by atoms with Crippen molar-refractivity contribution in [3.05, 3.63) is 35.4 Å². The Morgan fingerprint density at radius 3 is 2.86 bits per heavy atom. The molecule has 1 saturated carbocycles. The van der Waals surface area contributed by atoms with Gasteiger partial charge in [0.05, 0.1) is 6.10 Å². The maximum absolute atomic E-state index is 9.49. The monoisotopic (exact) mass is 190 g/mol. The van der Waals surface area contributed by atoms with E-state index in [1.807, 2.05) is 0 Å². The van der Waals surface area contributed by atoms with E-state index in [-0.39, 0.29) is 6.10 Å². The van der Waals surface area contributed by atoms with Gasteiger partial charge in [-0.1, -0.05) is 31.2 Å². The summed E-state index contributed by atoms with van der Waals surface area (Å²) < 4.78 is 0. The van der Waals surface area contributed by atoms with Crippen LogP contribution in [0.25, 0.3) is 0 Å². The molecule has 1 aromatic rings. The SMILES string of the molecule is CCc1cccc(C2CCC(O)C2)c1. The molecule has 0 aromatic heterocycles. The molecule has 0 saturated heterocycles. The lowest BCUT2D eigenvalue weighted by molar-refractivity contribution is 0.181. The first-order valence-corrected chi connectivity index (χ1v) is 5.56. The van der Waals surface area contributed by atoms with Gasteiger partial charge >= 0.3 is 0 Å². The third-order valence-electron chi connectivity index (χ3n) is 3.24. The van der Waals surface area contributed by atoms with E-state index in [0.717, 1.165) is 25.7 Å². The molecular formula is C13H18O. The second kappa shape index (κ2) is 4.14. The van der Waals surface area contributed by atoms with E-state index in [2.05, 4.69) is 31.2 Å². The van der Waals surface area contributed by atoms with E-state index < -0.39 is 0 Å². The Balaban J connectivity index is 2.15. The summed E-state index contributed by atoms with van der Waals surface area (Å²) in [4.78, 5) is 0. The van der Waals surface area contributed by atoms with Crippen molar-refractivity contribution in [2.75, 3.05) is 0 Å². The second-order valence-corrected chi connectivity index (χ2v) is 4.26. The average molecular weight is 190 g/mol. The van der Waals surface area contributed by atoms with Crippen LogP contribution in [0.5, 0.6) is 0 Å². The number of hydrogen-bond acceptors (Lipinski definition) is 1. The van der Waals surface area contributed by atoms with Crippen molar-refractivity contribution in [2.45, 2.75) is 44.6 Å². The van der Waals surface area contributed by atoms with E-state index in [0.29, 0.717) is 5.92 Å². The Kier molecular flexibility index (Phi) is 2.87. The molecule has 1 aromatic carbocycles. The molecule has 1 N–H and O–H groups in total. The van der Waals surface area contributed by atoms with E-state index in [1.54, 1.807) is 0 Å². The molecule has 2 atom stereocenters. The van der Waals surface area contributed by atoms with E-state index >= 15 is 0 Å². The maximum Gasteiger partial charge on any atom is 0.0546 e. The molecule has 0 spiro atoms. The normalized spacial score (nSPS) is 26.7. The Hall–Kier alpha value is -0.820. The zero-order chi connectivity index (χ0) is 9.97. The molecule has 0 aliphatic heterocycles. The van der Waals surface area contributed by atoms with E-state index in [4.69, 9.17) is 0 Å². The van der Waals surface area contributed by atoms with Crippen LogP contribution in [-0.2, 0) is 6.42 Å². The van der Waals surface area contributed by atoms with Gasteiger partial charge in [-0.3, -0.25) is 0 Å². The minimum absolute atomic E-state index is 0.0646. The van der Waals surface area contributed by atoms with Crippen molar-refractivity contribution < 1.29 is 5.11 Å². The molecule has 14 heavy (non-hydrogen) atoms. The van der Waals surface area contributed by atoms with Crippen molar-refractivity contribution in [2.24, 2.45) is 0 Å². The second-order valence-electron chi connectivity index (χ2n) is 4.26. The highest BCUT2D eigenvalue weighted by atomic mass is 16.3. The summed E-state index contributed by atoms with van der Waals surface area (Å²) in [6.45, 7) is 2.18. The lowest BCUT2D eigenvalue weighted by Crippen LogP contribution is -1.99. The minimum atomic E-state index is -0.0646.